The van der Waals surface area contributed by atoms with Crippen molar-refractivity contribution in [3.05, 3.63) is 96.8 Å². The van der Waals surface area contributed by atoms with Crippen LogP contribution in [0.4, 0.5) is 4.39 Å². The fourth-order valence-electron chi connectivity index (χ4n) is 3.64. The Morgan fingerprint density at radius 2 is 1.70 bits per heavy atom. The Bertz CT molecular complexity index is 1130. The first-order valence-electron chi connectivity index (χ1n) is 10.3. The molecule has 30 heavy (non-hydrogen) atoms. The highest BCUT2D eigenvalue weighted by molar-refractivity contribution is 5.80. The summed E-state index contributed by atoms with van der Waals surface area (Å²) in [4.78, 5) is 4.79. The van der Waals surface area contributed by atoms with E-state index in [2.05, 4.69) is 23.3 Å². The molecule has 0 fully saturated rings. The lowest BCUT2D eigenvalue weighted by atomic mass is 10.1. The van der Waals surface area contributed by atoms with Crippen molar-refractivity contribution in [1.82, 2.24) is 9.55 Å². The van der Waals surface area contributed by atoms with Gasteiger partial charge in [-0.3, -0.25) is 0 Å². The van der Waals surface area contributed by atoms with Gasteiger partial charge in [0.2, 0.25) is 0 Å². The fourth-order valence-corrected chi connectivity index (χ4v) is 3.64. The minimum atomic E-state index is -0.240. The van der Waals surface area contributed by atoms with Gasteiger partial charge in [-0.05, 0) is 67.3 Å². The molecule has 0 amide bonds. The van der Waals surface area contributed by atoms with E-state index in [-0.39, 0.29) is 5.82 Å². The standard InChI is InChI=1S/C26H25FN2O/c1-2-9-20-10-3-6-13-25(20)30-19-8-7-18-29-24-12-5-4-11-23(24)28-26(29)21-14-16-22(27)17-15-21/h2-6,10-17H,1,7-9,18-19H2. The highest BCUT2D eigenvalue weighted by atomic mass is 19.1. The number of para-hydroxylation sites is 3. The molecule has 0 N–H and O–H groups in total. The van der Waals surface area contributed by atoms with Crippen LogP contribution in [0.15, 0.2) is 85.5 Å². The number of nitrogens with zero attached hydrogens (tertiary/aromatic N) is 2. The second-order valence-electron chi connectivity index (χ2n) is 7.24. The van der Waals surface area contributed by atoms with E-state index in [1.54, 1.807) is 12.1 Å². The third-order valence-electron chi connectivity index (χ3n) is 5.13. The molecule has 1 heterocycles. The van der Waals surface area contributed by atoms with Gasteiger partial charge in [-0.2, -0.15) is 0 Å². The van der Waals surface area contributed by atoms with Crippen molar-refractivity contribution in [2.45, 2.75) is 25.8 Å². The Morgan fingerprint density at radius 3 is 2.53 bits per heavy atom. The first kappa shape index (κ1) is 19.9. The predicted molar refractivity (Wildman–Crippen MR) is 120 cm³/mol. The molecule has 0 radical (unpaired) electrons. The molecule has 152 valence electrons. The van der Waals surface area contributed by atoms with Crippen molar-refractivity contribution < 1.29 is 9.13 Å². The zero-order valence-electron chi connectivity index (χ0n) is 16.9. The molecule has 0 atom stereocenters. The third-order valence-corrected chi connectivity index (χ3v) is 5.13. The summed E-state index contributed by atoms with van der Waals surface area (Å²) in [6.45, 7) is 5.30. The number of aromatic nitrogens is 2. The first-order chi connectivity index (χ1) is 14.8. The number of imidazole rings is 1. The lowest BCUT2D eigenvalue weighted by molar-refractivity contribution is 0.301. The number of halogens is 1. The largest absolute Gasteiger partial charge is 0.493 e. The normalized spacial score (nSPS) is 11.0. The Morgan fingerprint density at radius 1 is 0.933 bits per heavy atom. The Kier molecular flexibility index (Phi) is 6.23. The zero-order valence-corrected chi connectivity index (χ0v) is 16.9. The maximum atomic E-state index is 13.4. The molecule has 4 rings (SSSR count). The molecule has 1 aromatic heterocycles. The van der Waals surface area contributed by atoms with Crippen LogP contribution in [0.1, 0.15) is 18.4 Å². The van der Waals surface area contributed by atoms with Gasteiger partial charge in [0, 0.05) is 12.1 Å². The van der Waals surface area contributed by atoms with Crippen LogP contribution in [-0.4, -0.2) is 16.2 Å². The molecule has 4 aromatic rings. The summed E-state index contributed by atoms with van der Waals surface area (Å²) in [5.41, 5.74) is 4.12. The highest BCUT2D eigenvalue weighted by Crippen LogP contribution is 2.26. The van der Waals surface area contributed by atoms with Gasteiger partial charge >= 0.3 is 0 Å². The first-order valence-corrected chi connectivity index (χ1v) is 10.3. The molecule has 3 nitrogen and oxygen atoms in total. The zero-order chi connectivity index (χ0) is 20.8. The van der Waals surface area contributed by atoms with Crippen molar-refractivity contribution in [1.29, 1.82) is 0 Å². The van der Waals surface area contributed by atoms with E-state index in [0.717, 1.165) is 59.5 Å². The summed E-state index contributed by atoms with van der Waals surface area (Å²) in [6.07, 6.45) is 4.58. The van der Waals surface area contributed by atoms with Crippen LogP contribution in [0.5, 0.6) is 5.75 Å². The van der Waals surface area contributed by atoms with Crippen LogP contribution in [0.25, 0.3) is 22.4 Å². The number of rotatable bonds is 9. The van der Waals surface area contributed by atoms with Gasteiger partial charge < -0.3 is 9.30 Å². The van der Waals surface area contributed by atoms with Crippen molar-refractivity contribution in [2.24, 2.45) is 0 Å². The second kappa shape index (κ2) is 9.40. The molecular formula is C26H25FN2O. The Labute approximate surface area is 176 Å². The van der Waals surface area contributed by atoms with E-state index in [4.69, 9.17) is 9.72 Å². The summed E-state index contributed by atoms with van der Waals surface area (Å²) >= 11 is 0. The van der Waals surface area contributed by atoms with Gasteiger partial charge in [0.15, 0.2) is 0 Å². The van der Waals surface area contributed by atoms with Crippen LogP contribution < -0.4 is 4.74 Å². The van der Waals surface area contributed by atoms with Crippen LogP contribution in [0.3, 0.4) is 0 Å². The van der Waals surface area contributed by atoms with Gasteiger partial charge in [-0.1, -0.05) is 36.4 Å². The summed E-state index contributed by atoms with van der Waals surface area (Å²) < 4.78 is 21.6. The van der Waals surface area contributed by atoms with Gasteiger partial charge in [0.1, 0.15) is 17.4 Å². The van der Waals surface area contributed by atoms with Crippen molar-refractivity contribution in [3.8, 4) is 17.1 Å². The third kappa shape index (κ3) is 4.43. The SMILES string of the molecule is C=CCc1ccccc1OCCCCn1c(-c2ccc(F)cc2)nc2ccccc21. The van der Waals surface area contributed by atoms with Crippen LogP contribution in [-0.2, 0) is 13.0 Å². The van der Waals surface area contributed by atoms with Gasteiger partial charge in [0.25, 0.3) is 0 Å². The molecule has 0 unspecified atom stereocenters. The van der Waals surface area contributed by atoms with Crippen LogP contribution in [0.2, 0.25) is 0 Å². The van der Waals surface area contributed by atoms with Gasteiger partial charge in [0.05, 0.1) is 17.6 Å². The number of hydrogen-bond donors (Lipinski definition) is 0. The predicted octanol–water partition coefficient (Wildman–Crippen LogP) is 6.43. The molecule has 0 saturated heterocycles. The van der Waals surface area contributed by atoms with Crippen molar-refractivity contribution in [2.75, 3.05) is 6.61 Å². The maximum absolute atomic E-state index is 13.4. The highest BCUT2D eigenvalue weighted by Gasteiger charge is 2.12. The minimum absolute atomic E-state index is 0.240. The molecule has 0 bridgehead atoms. The number of aryl methyl sites for hydroxylation is 1. The lowest BCUT2D eigenvalue weighted by Crippen LogP contribution is -2.05. The Balaban J connectivity index is 1.44. The summed E-state index contributed by atoms with van der Waals surface area (Å²) in [5.74, 6) is 1.56. The quantitative estimate of drug-likeness (QED) is 0.239. The molecule has 0 saturated carbocycles. The number of fused-ring (bicyclic) bond motifs is 1. The average molecular weight is 400 g/mol. The second-order valence-corrected chi connectivity index (χ2v) is 7.24. The molecule has 4 heteroatoms. The number of ether oxygens (including phenoxy) is 1. The molecule has 0 aliphatic carbocycles. The van der Waals surface area contributed by atoms with E-state index in [0.29, 0.717) is 6.61 Å². The lowest BCUT2D eigenvalue weighted by Gasteiger charge is -2.12. The molecule has 0 spiro atoms. The monoisotopic (exact) mass is 400 g/mol. The number of benzene rings is 3. The number of unbranched alkanes of at least 4 members (excludes halogenated alkanes) is 1. The summed E-state index contributed by atoms with van der Waals surface area (Å²) in [5, 5.41) is 0. The summed E-state index contributed by atoms with van der Waals surface area (Å²) in [7, 11) is 0. The maximum Gasteiger partial charge on any atom is 0.141 e. The molecule has 0 aliphatic heterocycles. The van der Waals surface area contributed by atoms with Crippen LogP contribution >= 0.6 is 0 Å². The van der Waals surface area contributed by atoms with E-state index in [1.165, 1.54) is 12.1 Å². The van der Waals surface area contributed by atoms with Gasteiger partial charge in [-0.15, -0.1) is 6.58 Å². The molecule has 0 aliphatic rings. The average Bonchev–Trinajstić information content (AvgIpc) is 3.14. The van der Waals surface area contributed by atoms with Crippen molar-refractivity contribution in [3.63, 3.8) is 0 Å². The van der Waals surface area contributed by atoms with E-state index < -0.39 is 0 Å². The molecular weight excluding hydrogens is 375 g/mol. The molecule has 3 aromatic carbocycles. The van der Waals surface area contributed by atoms with Crippen LogP contribution in [0, 0.1) is 5.82 Å². The smallest absolute Gasteiger partial charge is 0.141 e. The van der Waals surface area contributed by atoms with E-state index in [9.17, 15) is 4.39 Å². The topological polar surface area (TPSA) is 27.1 Å². The Hall–Kier alpha value is -3.40. The fraction of sp³-hybridized carbons (Fsp3) is 0.192. The van der Waals surface area contributed by atoms with E-state index >= 15 is 0 Å². The minimum Gasteiger partial charge on any atom is -0.493 e. The van der Waals surface area contributed by atoms with E-state index in [1.807, 2.05) is 42.5 Å². The van der Waals surface area contributed by atoms with Crippen molar-refractivity contribution >= 4 is 11.0 Å². The summed E-state index contributed by atoms with van der Waals surface area (Å²) in [6, 6.07) is 22.7. The van der Waals surface area contributed by atoms with Gasteiger partial charge in [-0.25, -0.2) is 9.37 Å². The number of allylic oxidation sites excluding steroid dienone is 1. The number of hydrogen-bond acceptors (Lipinski definition) is 2.